The molecule has 0 aliphatic carbocycles. The van der Waals surface area contributed by atoms with Crippen molar-refractivity contribution in [1.82, 2.24) is 4.98 Å². The maximum Gasteiger partial charge on any atom is 0.0428 e. The standard InChI is InChI=1S/C13H8NS/c1-2-12(9-14-6-1)11-4-3-10-5-7-15-13(10)8-11/h1-7,9H. The first kappa shape index (κ1) is 8.62. The van der Waals surface area contributed by atoms with Gasteiger partial charge in [-0.3, -0.25) is 4.98 Å². The van der Waals surface area contributed by atoms with Crippen LogP contribution in [0.2, 0.25) is 0 Å². The van der Waals surface area contributed by atoms with Gasteiger partial charge in [0.25, 0.3) is 0 Å². The van der Waals surface area contributed by atoms with Crippen molar-refractivity contribution in [1.29, 1.82) is 0 Å². The molecule has 2 heterocycles. The largest absolute Gasteiger partial charge is 0.264 e. The molecule has 0 amide bonds. The minimum Gasteiger partial charge on any atom is -0.264 e. The Kier molecular flexibility index (Phi) is 2.00. The molecule has 1 radical (unpaired) electrons. The van der Waals surface area contributed by atoms with Gasteiger partial charge in [-0.15, -0.1) is 11.3 Å². The van der Waals surface area contributed by atoms with E-state index < -0.39 is 0 Å². The van der Waals surface area contributed by atoms with Crippen molar-refractivity contribution in [3.8, 4) is 11.1 Å². The molecule has 1 nitrogen and oxygen atoms in total. The van der Waals surface area contributed by atoms with Crippen molar-refractivity contribution < 1.29 is 0 Å². The van der Waals surface area contributed by atoms with Crippen LogP contribution in [0.1, 0.15) is 0 Å². The summed E-state index contributed by atoms with van der Waals surface area (Å²) in [6.45, 7) is 0. The van der Waals surface area contributed by atoms with Crippen molar-refractivity contribution >= 4 is 21.4 Å². The second-order valence-corrected chi connectivity index (χ2v) is 4.23. The number of hydrogen-bond acceptors (Lipinski definition) is 2. The summed E-state index contributed by atoms with van der Waals surface area (Å²) in [4.78, 5) is 4.11. The van der Waals surface area contributed by atoms with Gasteiger partial charge in [-0.1, -0.05) is 18.2 Å². The third-order valence-electron chi connectivity index (χ3n) is 2.35. The van der Waals surface area contributed by atoms with Crippen molar-refractivity contribution in [3.63, 3.8) is 0 Å². The zero-order valence-corrected chi connectivity index (χ0v) is 8.79. The Bertz CT molecular complexity index is 584. The lowest BCUT2D eigenvalue weighted by Gasteiger charge is -1.99. The Morgan fingerprint density at radius 3 is 3.00 bits per heavy atom. The first-order chi connectivity index (χ1) is 7.43. The summed E-state index contributed by atoms with van der Waals surface area (Å²) in [6.07, 6.45) is 3.65. The maximum atomic E-state index is 4.11. The number of hydrogen-bond donors (Lipinski definition) is 0. The number of fused-ring (bicyclic) bond motifs is 1. The molecule has 0 bridgehead atoms. The highest BCUT2D eigenvalue weighted by Crippen LogP contribution is 2.26. The van der Waals surface area contributed by atoms with Crippen LogP contribution >= 0.6 is 11.3 Å². The molecule has 0 atom stereocenters. The first-order valence-electron chi connectivity index (χ1n) is 4.73. The van der Waals surface area contributed by atoms with Gasteiger partial charge in [-0.2, -0.15) is 0 Å². The predicted octanol–water partition coefficient (Wildman–Crippen LogP) is 3.76. The molecule has 0 unspecified atom stereocenters. The van der Waals surface area contributed by atoms with Crippen molar-refractivity contribution in [2.24, 2.45) is 0 Å². The minimum atomic E-state index is 1.11. The van der Waals surface area contributed by atoms with Crippen LogP contribution in [-0.4, -0.2) is 4.98 Å². The molecular formula is C13H8NS. The quantitative estimate of drug-likeness (QED) is 0.596. The van der Waals surface area contributed by atoms with E-state index in [4.69, 9.17) is 0 Å². The van der Waals surface area contributed by atoms with Crippen LogP contribution in [-0.2, 0) is 0 Å². The fourth-order valence-electron chi connectivity index (χ4n) is 1.58. The van der Waals surface area contributed by atoms with Crippen LogP contribution < -0.4 is 0 Å². The van der Waals surface area contributed by atoms with E-state index in [-0.39, 0.29) is 0 Å². The SMILES string of the molecule is [c]1c(-c2cccnc2)ccc2ccsc12. The van der Waals surface area contributed by atoms with E-state index in [9.17, 15) is 0 Å². The van der Waals surface area contributed by atoms with E-state index in [1.807, 2.05) is 12.3 Å². The van der Waals surface area contributed by atoms with E-state index in [2.05, 4.69) is 40.7 Å². The molecule has 0 saturated carbocycles. The van der Waals surface area contributed by atoms with E-state index >= 15 is 0 Å². The summed E-state index contributed by atoms with van der Waals surface area (Å²) in [5, 5.41) is 3.35. The average Bonchev–Trinajstić information content (AvgIpc) is 2.77. The molecule has 0 fully saturated rings. The number of nitrogens with zero attached hydrogens (tertiary/aromatic N) is 1. The average molecular weight is 210 g/mol. The summed E-state index contributed by atoms with van der Waals surface area (Å²) in [5.74, 6) is 0. The van der Waals surface area contributed by atoms with Gasteiger partial charge in [0.2, 0.25) is 0 Å². The van der Waals surface area contributed by atoms with Crippen molar-refractivity contribution in [2.75, 3.05) is 0 Å². The smallest absolute Gasteiger partial charge is 0.0428 e. The maximum absolute atomic E-state index is 4.11. The lowest BCUT2D eigenvalue weighted by atomic mass is 10.1. The Morgan fingerprint density at radius 2 is 2.13 bits per heavy atom. The molecular weight excluding hydrogens is 202 g/mol. The van der Waals surface area contributed by atoms with Gasteiger partial charge in [0.1, 0.15) is 0 Å². The molecule has 1 aromatic carbocycles. The molecule has 0 aliphatic rings. The molecule has 0 saturated heterocycles. The highest BCUT2D eigenvalue weighted by atomic mass is 32.1. The minimum absolute atomic E-state index is 1.11. The summed E-state index contributed by atoms with van der Waals surface area (Å²) in [7, 11) is 0. The topological polar surface area (TPSA) is 12.9 Å². The molecule has 0 aliphatic heterocycles. The van der Waals surface area contributed by atoms with Gasteiger partial charge >= 0.3 is 0 Å². The second kappa shape index (κ2) is 3.48. The highest BCUT2D eigenvalue weighted by Gasteiger charge is 2.00. The molecule has 2 heteroatoms. The van der Waals surface area contributed by atoms with Crippen LogP contribution in [0, 0.1) is 6.07 Å². The monoisotopic (exact) mass is 210 g/mol. The van der Waals surface area contributed by atoms with Gasteiger partial charge in [0.05, 0.1) is 0 Å². The Labute approximate surface area is 92.0 Å². The van der Waals surface area contributed by atoms with Crippen molar-refractivity contribution in [2.45, 2.75) is 0 Å². The zero-order chi connectivity index (χ0) is 10.1. The van der Waals surface area contributed by atoms with Gasteiger partial charge in [0, 0.05) is 28.7 Å². The van der Waals surface area contributed by atoms with E-state index in [0.717, 1.165) is 11.1 Å². The third kappa shape index (κ3) is 1.53. The Hall–Kier alpha value is -1.67. The molecule has 71 valence electrons. The van der Waals surface area contributed by atoms with E-state index in [1.165, 1.54) is 10.1 Å². The van der Waals surface area contributed by atoms with Crippen LogP contribution in [0.5, 0.6) is 0 Å². The van der Waals surface area contributed by atoms with E-state index in [1.54, 1.807) is 17.5 Å². The van der Waals surface area contributed by atoms with E-state index in [0.29, 0.717) is 0 Å². The number of pyridine rings is 1. The Morgan fingerprint density at radius 1 is 1.13 bits per heavy atom. The summed E-state index contributed by atoms with van der Waals surface area (Å²) in [6, 6.07) is 13.7. The highest BCUT2D eigenvalue weighted by molar-refractivity contribution is 7.17. The second-order valence-electron chi connectivity index (χ2n) is 3.32. The van der Waals surface area contributed by atoms with Crippen molar-refractivity contribution in [3.05, 3.63) is 54.2 Å². The molecule has 0 spiro atoms. The molecule has 3 rings (SSSR count). The Balaban J connectivity index is 2.19. The number of rotatable bonds is 1. The van der Waals surface area contributed by atoms with Gasteiger partial charge < -0.3 is 0 Å². The first-order valence-corrected chi connectivity index (χ1v) is 5.61. The fraction of sp³-hybridized carbons (Fsp3) is 0. The van der Waals surface area contributed by atoms with Crippen LogP contribution in [0.15, 0.2) is 48.1 Å². The predicted molar refractivity (Wildman–Crippen MR) is 63.9 cm³/mol. The third-order valence-corrected chi connectivity index (χ3v) is 3.19. The lowest BCUT2D eigenvalue weighted by molar-refractivity contribution is 1.33. The van der Waals surface area contributed by atoms with Crippen LogP contribution in [0.25, 0.3) is 21.2 Å². The van der Waals surface area contributed by atoms with Gasteiger partial charge in [-0.05, 0) is 28.5 Å². The summed E-state index contributed by atoms with van der Waals surface area (Å²) >= 11 is 1.72. The fourth-order valence-corrected chi connectivity index (χ4v) is 2.37. The molecule has 3 aromatic rings. The van der Waals surface area contributed by atoms with Crippen LogP contribution in [0.3, 0.4) is 0 Å². The normalized spacial score (nSPS) is 10.7. The van der Waals surface area contributed by atoms with Crippen LogP contribution in [0.4, 0.5) is 0 Å². The molecule has 15 heavy (non-hydrogen) atoms. The van der Waals surface area contributed by atoms with Gasteiger partial charge in [0.15, 0.2) is 0 Å². The zero-order valence-electron chi connectivity index (χ0n) is 7.97. The molecule has 0 N–H and O–H groups in total. The number of benzene rings is 1. The summed E-state index contributed by atoms with van der Waals surface area (Å²) in [5.41, 5.74) is 2.23. The number of aromatic nitrogens is 1. The molecule has 2 aromatic heterocycles. The lowest BCUT2D eigenvalue weighted by Crippen LogP contribution is -1.78. The number of thiophene rings is 1. The summed E-state index contributed by atoms with van der Waals surface area (Å²) < 4.78 is 1.20. The van der Waals surface area contributed by atoms with Gasteiger partial charge in [-0.25, -0.2) is 0 Å².